The second-order valence-electron chi connectivity index (χ2n) is 5.55. The smallest absolute Gasteiger partial charge is 0.119 e. The Morgan fingerprint density at radius 3 is 2.29 bits per heavy atom. The minimum absolute atomic E-state index is 0.776. The first kappa shape index (κ1) is 16.3. The van der Waals surface area contributed by atoms with Crippen molar-refractivity contribution < 1.29 is 4.74 Å². The maximum atomic E-state index is 5.85. The lowest BCUT2D eigenvalue weighted by Gasteiger charge is -2.33. The van der Waals surface area contributed by atoms with Crippen molar-refractivity contribution in [3.8, 4) is 5.75 Å². The van der Waals surface area contributed by atoms with Crippen LogP contribution in [0.2, 0.25) is 0 Å². The molecule has 4 nitrogen and oxygen atoms in total. The molecule has 1 fully saturated rings. The van der Waals surface area contributed by atoms with Gasteiger partial charge in [-0.1, -0.05) is 26.0 Å². The lowest BCUT2D eigenvalue weighted by Crippen LogP contribution is -2.47. The van der Waals surface area contributed by atoms with Crippen LogP contribution in [0, 0.1) is 0 Å². The highest BCUT2D eigenvalue weighted by molar-refractivity contribution is 5.27. The second kappa shape index (κ2) is 9.03. The molecular weight excluding hydrogens is 262 g/mol. The standard InChI is InChI=1S/C17H29N3O/c1-3-18-15-16-5-7-17(8-6-16)21-14-13-20-11-9-19(4-2)10-12-20/h5-8,18H,3-4,9-15H2,1-2H3. The van der Waals surface area contributed by atoms with Crippen molar-refractivity contribution in [3.05, 3.63) is 29.8 Å². The summed E-state index contributed by atoms with van der Waals surface area (Å²) in [4.78, 5) is 4.99. The van der Waals surface area contributed by atoms with Crippen molar-refractivity contribution in [2.75, 3.05) is 52.4 Å². The zero-order valence-corrected chi connectivity index (χ0v) is 13.5. The van der Waals surface area contributed by atoms with E-state index in [0.717, 1.165) is 32.0 Å². The highest BCUT2D eigenvalue weighted by Gasteiger charge is 2.14. The normalized spacial score (nSPS) is 17.0. The summed E-state index contributed by atoms with van der Waals surface area (Å²) < 4.78 is 5.85. The maximum Gasteiger partial charge on any atom is 0.119 e. The molecule has 0 radical (unpaired) electrons. The molecule has 1 heterocycles. The molecule has 21 heavy (non-hydrogen) atoms. The van der Waals surface area contributed by atoms with E-state index in [1.807, 2.05) is 0 Å². The summed E-state index contributed by atoms with van der Waals surface area (Å²) in [6.07, 6.45) is 0. The van der Waals surface area contributed by atoms with E-state index < -0.39 is 0 Å². The van der Waals surface area contributed by atoms with Crippen molar-refractivity contribution in [2.24, 2.45) is 0 Å². The molecule has 1 aromatic carbocycles. The number of nitrogens with one attached hydrogen (secondary N) is 1. The Hall–Kier alpha value is -1.10. The Labute approximate surface area is 129 Å². The number of ether oxygens (including phenoxy) is 1. The molecule has 1 N–H and O–H groups in total. The average molecular weight is 291 g/mol. The van der Waals surface area contributed by atoms with Gasteiger partial charge in [-0.05, 0) is 30.8 Å². The number of hydrogen-bond acceptors (Lipinski definition) is 4. The number of benzene rings is 1. The highest BCUT2D eigenvalue weighted by Crippen LogP contribution is 2.12. The van der Waals surface area contributed by atoms with Crippen molar-refractivity contribution in [3.63, 3.8) is 0 Å². The van der Waals surface area contributed by atoms with Crippen LogP contribution >= 0.6 is 0 Å². The first-order valence-electron chi connectivity index (χ1n) is 8.19. The molecule has 0 amide bonds. The highest BCUT2D eigenvalue weighted by atomic mass is 16.5. The number of likely N-dealkylation sites (N-methyl/N-ethyl adjacent to an activating group) is 1. The number of nitrogens with zero attached hydrogens (tertiary/aromatic N) is 2. The van der Waals surface area contributed by atoms with E-state index in [9.17, 15) is 0 Å². The molecule has 0 unspecified atom stereocenters. The average Bonchev–Trinajstić information content (AvgIpc) is 2.55. The molecule has 1 saturated heterocycles. The predicted molar refractivity (Wildman–Crippen MR) is 87.9 cm³/mol. The Morgan fingerprint density at radius 2 is 1.67 bits per heavy atom. The van der Waals surface area contributed by atoms with Crippen molar-refractivity contribution in [2.45, 2.75) is 20.4 Å². The Bertz CT molecular complexity index is 386. The molecule has 0 saturated carbocycles. The van der Waals surface area contributed by atoms with Gasteiger partial charge in [0.1, 0.15) is 12.4 Å². The topological polar surface area (TPSA) is 27.7 Å². The van der Waals surface area contributed by atoms with Crippen molar-refractivity contribution in [1.82, 2.24) is 15.1 Å². The van der Waals surface area contributed by atoms with Crippen LogP contribution in [0.4, 0.5) is 0 Å². The van der Waals surface area contributed by atoms with Crippen LogP contribution in [0.25, 0.3) is 0 Å². The van der Waals surface area contributed by atoms with Crippen LogP contribution in [0.15, 0.2) is 24.3 Å². The molecule has 0 aromatic heterocycles. The summed E-state index contributed by atoms with van der Waals surface area (Å²) in [7, 11) is 0. The number of hydrogen-bond donors (Lipinski definition) is 1. The van der Waals surface area contributed by atoms with E-state index in [2.05, 4.69) is 53.2 Å². The fourth-order valence-electron chi connectivity index (χ4n) is 2.59. The van der Waals surface area contributed by atoms with E-state index in [4.69, 9.17) is 4.74 Å². The van der Waals surface area contributed by atoms with Crippen LogP contribution in [-0.2, 0) is 6.54 Å². The van der Waals surface area contributed by atoms with Gasteiger partial charge in [0, 0.05) is 39.3 Å². The van der Waals surface area contributed by atoms with Gasteiger partial charge < -0.3 is 15.0 Å². The first-order chi connectivity index (χ1) is 10.3. The molecule has 2 rings (SSSR count). The zero-order valence-electron chi connectivity index (χ0n) is 13.5. The lowest BCUT2D eigenvalue weighted by molar-refractivity contribution is 0.121. The molecule has 118 valence electrons. The molecule has 0 spiro atoms. The van der Waals surface area contributed by atoms with E-state index >= 15 is 0 Å². The summed E-state index contributed by atoms with van der Waals surface area (Å²) >= 11 is 0. The Balaban J connectivity index is 1.64. The fraction of sp³-hybridized carbons (Fsp3) is 0.647. The lowest BCUT2D eigenvalue weighted by atomic mass is 10.2. The van der Waals surface area contributed by atoms with E-state index in [-0.39, 0.29) is 0 Å². The molecular formula is C17H29N3O. The van der Waals surface area contributed by atoms with Crippen LogP contribution in [0.5, 0.6) is 5.75 Å². The molecule has 1 aromatic rings. The van der Waals surface area contributed by atoms with Gasteiger partial charge in [-0.25, -0.2) is 0 Å². The Morgan fingerprint density at radius 1 is 1.00 bits per heavy atom. The summed E-state index contributed by atoms with van der Waals surface area (Å²) in [5, 5.41) is 3.33. The quantitative estimate of drug-likeness (QED) is 0.790. The van der Waals surface area contributed by atoms with Crippen LogP contribution in [-0.4, -0.2) is 62.2 Å². The van der Waals surface area contributed by atoms with Crippen LogP contribution in [0.3, 0.4) is 0 Å². The number of rotatable bonds is 8. The third kappa shape index (κ3) is 5.65. The summed E-state index contributed by atoms with van der Waals surface area (Å²) in [5.74, 6) is 0.974. The minimum Gasteiger partial charge on any atom is -0.492 e. The zero-order chi connectivity index (χ0) is 14.9. The van der Waals surface area contributed by atoms with Crippen molar-refractivity contribution >= 4 is 0 Å². The predicted octanol–water partition coefficient (Wildman–Crippen LogP) is 1.81. The van der Waals surface area contributed by atoms with Gasteiger partial charge in [0.25, 0.3) is 0 Å². The SMILES string of the molecule is CCNCc1ccc(OCCN2CCN(CC)CC2)cc1. The van der Waals surface area contributed by atoms with Gasteiger partial charge in [0.15, 0.2) is 0 Å². The van der Waals surface area contributed by atoms with Crippen LogP contribution < -0.4 is 10.1 Å². The van der Waals surface area contributed by atoms with Gasteiger partial charge in [0.2, 0.25) is 0 Å². The second-order valence-corrected chi connectivity index (χ2v) is 5.55. The first-order valence-corrected chi connectivity index (χ1v) is 8.19. The molecule has 1 aliphatic heterocycles. The van der Waals surface area contributed by atoms with E-state index in [1.165, 1.54) is 38.3 Å². The molecule has 0 aliphatic carbocycles. The fourth-order valence-corrected chi connectivity index (χ4v) is 2.59. The summed E-state index contributed by atoms with van der Waals surface area (Å²) in [6.45, 7) is 14.0. The summed E-state index contributed by atoms with van der Waals surface area (Å²) in [5.41, 5.74) is 1.31. The van der Waals surface area contributed by atoms with Crippen molar-refractivity contribution in [1.29, 1.82) is 0 Å². The Kier molecular flexibility index (Phi) is 7.00. The third-order valence-electron chi connectivity index (χ3n) is 4.09. The molecule has 0 bridgehead atoms. The number of piperazine rings is 1. The third-order valence-corrected chi connectivity index (χ3v) is 4.09. The maximum absolute atomic E-state index is 5.85. The molecule has 4 heteroatoms. The van der Waals surface area contributed by atoms with Gasteiger partial charge in [-0.15, -0.1) is 0 Å². The van der Waals surface area contributed by atoms with Gasteiger partial charge in [-0.3, -0.25) is 4.90 Å². The van der Waals surface area contributed by atoms with Gasteiger partial charge in [0.05, 0.1) is 0 Å². The van der Waals surface area contributed by atoms with E-state index in [0.29, 0.717) is 0 Å². The summed E-state index contributed by atoms with van der Waals surface area (Å²) in [6, 6.07) is 8.42. The van der Waals surface area contributed by atoms with Gasteiger partial charge >= 0.3 is 0 Å². The van der Waals surface area contributed by atoms with E-state index in [1.54, 1.807) is 0 Å². The van der Waals surface area contributed by atoms with Crippen LogP contribution in [0.1, 0.15) is 19.4 Å². The largest absolute Gasteiger partial charge is 0.492 e. The molecule has 0 atom stereocenters. The monoisotopic (exact) mass is 291 g/mol. The minimum atomic E-state index is 0.776. The molecule has 1 aliphatic rings. The van der Waals surface area contributed by atoms with Gasteiger partial charge in [-0.2, -0.15) is 0 Å².